The molecule has 0 aliphatic carbocycles. The van der Waals surface area contributed by atoms with Crippen molar-refractivity contribution in [1.82, 2.24) is 4.90 Å². The van der Waals surface area contributed by atoms with Crippen molar-refractivity contribution in [1.29, 1.82) is 0 Å². The lowest BCUT2D eigenvalue weighted by atomic mass is 9.90. The summed E-state index contributed by atoms with van der Waals surface area (Å²) in [5.41, 5.74) is 1.89. The second-order valence-corrected chi connectivity index (χ2v) is 7.77. The molecule has 1 heterocycles. The highest BCUT2D eigenvalue weighted by molar-refractivity contribution is 5.95. The van der Waals surface area contributed by atoms with Gasteiger partial charge in [0.25, 0.3) is 5.91 Å². The van der Waals surface area contributed by atoms with Gasteiger partial charge in [0.1, 0.15) is 5.75 Å². The Kier molecular flexibility index (Phi) is 8.04. The summed E-state index contributed by atoms with van der Waals surface area (Å²) in [5.74, 6) is 3.05. The molecule has 0 aromatic heterocycles. The van der Waals surface area contributed by atoms with E-state index in [-0.39, 0.29) is 5.91 Å². The van der Waals surface area contributed by atoms with Gasteiger partial charge in [0.05, 0.1) is 27.9 Å². The molecule has 0 saturated carbocycles. The van der Waals surface area contributed by atoms with E-state index in [1.54, 1.807) is 33.5 Å². The monoisotopic (exact) mass is 427 g/mol. The van der Waals surface area contributed by atoms with Crippen LogP contribution in [0.15, 0.2) is 36.4 Å². The second-order valence-electron chi connectivity index (χ2n) is 7.77. The van der Waals surface area contributed by atoms with Gasteiger partial charge >= 0.3 is 0 Å². The second kappa shape index (κ2) is 10.9. The average molecular weight is 428 g/mol. The van der Waals surface area contributed by atoms with Crippen LogP contribution in [0.1, 0.15) is 42.1 Å². The van der Waals surface area contributed by atoms with Gasteiger partial charge in [-0.2, -0.15) is 0 Å². The predicted octanol–water partition coefficient (Wildman–Crippen LogP) is 4.60. The van der Waals surface area contributed by atoms with Crippen molar-refractivity contribution < 1.29 is 23.7 Å². The fraction of sp³-hybridized carbons (Fsp3) is 0.480. The summed E-state index contributed by atoms with van der Waals surface area (Å²) in [6.07, 6.45) is 4.23. The highest BCUT2D eigenvalue weighted by Gasteiger charge is 2.25. The fourth-order valence-electron chi connectivity index (χ4n) is 4.10. The SMILES string of the molecule is CCOc1ccc(CCC2CCN(C(=O)c3cc(OC)c(OC)c(OC)c3)CC2)cc1. The van der Waals surface area contributed by atoms with Crippen molar-refractivity contribution >= 4 is 5.91 Å². The first-order chi connectivity index (χ1) is 15.1. The topological polar surface area (TPSA) is 57.2 Å². The summed E-state index contributed by atoms with van der Waals surface area (Å²) in [5, 5.41) is 0. The minimum Gasteiger partial charge on any atom is -0.494 e. The molecule has 0 N–H and O–H groups in total. The number of hydrogen-bond acceptors (Lipinski definition) is 5. The van der Waals surface area contributed by atoms with Crippen LogP contribution in [0.3, 0.4) is 0 Å². The van der Waals surface area contributed by atoms with Gasteiger partial charge in [0.2, 0.25) is 5.75 Å². The normalized spacial score (nSPS) is 14.3. The zero-order valence-electron chi connectivity index (χ0n) is 19.0. The van der Waals surface area contributed by atoms with E-state index in [9.17, 15) is 4.79 Å². The molecule has 0 bridgehead atoms. The van der Waals surface area contributed by atoms with Crippen molar-refractivity contribution in [3.63, 3.8) is 0 Å². The number of ether oxygens (including phenoxy) is 4. The molecule has 6 nitrogen and oxygen atoms in total. The molecule has 168 valence electrons. The molecule has 2 aromatic carbocycles. The van der Waals surface area contributed by atoms with E-state index in [4.69, 9.17) is 18.9 Å². The van der Waals surface area contributed by atoms with Gasteiger partial charge in [-0.25, -0.2) is 0 Å². The van der Waals surface area contributed by atoms with E-state index in [1.165, 1.54) is 5.56 Å². The number of carbonyl (C=O) groups is 1. The largest absolute Gasteiger partial charge is 0.494 e. The molecule has 3 rings (SSSR count). The number of nitrogens with zero attached hydrogens (tertiary/aromatic N) is 1. The van der Waals surface area contributed by atoms with Crippen molar-refractivity contribution in [3.8, 4) is 23.0 Å². The molecule has 1 fully saturated rings. The van der Waals surface area contributed by atoms with Crippen LogP contribution in [0.4, 0.5) is 0 Å². The number of carbonyl (C=O) groups excluding carboxylic acids is 1. The molecule has 31 heavy (non-hydrogen) atoms. The van der Waals surface area contributed by atoms with Gasteiger partial charge in [-0.3, -0.25) is 4.79 Å². The standard InChI is InChI=1S/C25H33NO5/c1-5-31-21-10-8-18(9-11-21)6-7-19-12-14-26(15-13-19)25(27)20-16-22(28-2)24(30-4)23(17-20)29-3/h8-11,16-17,19H,5-7,12-15H2,1-4H3. The van der Waals surface area contributed by atoms with Gasteiger partial charge in [0, 0.05) is 18.7 Å². The number of rotatable bonds is 9. The van der Waals surface area contributed by atoms with E-state index in [1.807, 2.05) is 24.0 Å². The third-order valence-electron chi connectivity index (χ3n) is 5.89. The molecule has 0 radical (unpaired) electrons. The van der Waals surface area contributed by atoms with Crippen molar-refractivity contribution in [2.45, 2.75) is 32.6 Å². The lowest BCUT2D eigenvalue weighted by Crippen LogP contribution is -2.38. The van der Waals surface area contributed by atoms with Crippen LogP contribution in [0, 0.1) is 5.92 Å². The molecular weight excluding hydrogens is 394 g/mol. The van der Waals surface area contributed by atoms with Crippen LogP contribution in [0.25, 0.3) is 0 Å². The van der Waals surface area contributed by atoms with Crippen LogP contribution >= 0.6 is 0 Å². The molecule has 0 unspecified atom stereocenters. The minimum atomic E-state index is 0.00390. The van der Waals surface area contributed by atoms with E-state index in [0.29, 0.717) is 35.3 Å². The van der Waals surface area contributed by atoms with E-state index >= 15 is 0 Å². The summed E-state index contributed by atoms with van der Waals surface area (Å²) in [6.45, 7) is 4.21. The number of hydrogen-bond donors (Lipinski definition) is 0. The third-order valence-corrected chi connectivity index (χ3v) is 5.89. The summed E-state index contributed by atoms with van der Waals surface area (Å²) in [7, 11) is 4.67. The Labute approximate surface area is 185 Å². The summed E-state index contributed by atoms with van der Waals surface area (Å²) in [6, 6.07) is 11.8. The van der Waals surface area contributed by atoms with Gasteiger partial charge in [-0.05, 0) is 68.4 Å². The van der Waals surface area contributed by atoms with Crippen LogP contribution < -0.4 is 18.9 Å². The first kappa shape index (κ1) is 22.8. The number of amides is 1. The van der Waals surface area contributed by atoms with E-state index in [2.05, 4.69) is 12.1 Å². The summed E-state index contributed by atoms with van der Waals surface area (Å²) < 4.78 is 21.6. The van der Waals surface area contributed by atoms with Crippen molar-refractivity contribution in [2.75, 3.05) is 41.0 Å². The highest BCUT2D eigenvalue weighted by atomic mass is 16.5. The molecule has 0 spiro atoms. The average Bonchev–Trinajstić information content (AvgIpc) is 2.82. The van der Waals surface area contributed by atoms with Gasteiger partial charge in [-0.15, -0.1) is 0 Å². The maximum Gasteiger partial charge on any atom is 0.254 e. The molecule has 2 aromatic rings. The maximum atomic E-state index is 13.1. The molecule has 1 aliphatic heterocycles. The van der Waals surface area contributed by atoms with Gasteiger partial charge in [-0.1, -0.05) is 12.1 Å². The Morgan fingerprint density at radius 3 is 2.10 bits per heavy atom. The molecule has 1 amide bonds. The zero-order chi connectivity index (χ0) is 22.2. The minimum absolute atomic E-state index is 0.00390. The zero-order valence-corrected chi connectivity index (χ0v) is 19.0. The number of benzene rings is 2. The van der Waals surface area contributed by atoms with Gasteiger partial charge in [0.15, 0.2) is 11.5 Å². The lowest BCUT2D eigenvalue weighted by Gasteiger charge is -2.32. The predicted molar refractivity (Wildman–Crippen MR) is 121 cm³/mol. The van der Waals surface area contributed by atoms with Crippen molar-refractivity contribution in [3.05, 3.63) is 47.5 Å². The van der Waals surface area contributed by atoms with Crippen LogP contribution in [0.5, 0.6) is 23.0 Å². The number of methoxy groups -OCH3 is 3. The summed E-state index contributed by atoms with van der Waals surface area (Å²) >= 11 is 0. The maximum absolute atomic E-state index is 13.1. The fourth-order valence-corrected chi connectivity index (χ4v) is 4.10. The number of piperidine rings is 1. The Bertz CT molecular complexity index is 832. The number of likely N-dealkylation sites (tertiary alicyclic amines) is 1. The van der Waals surface area contributed by atoms with Crippen molar-refractivity contribution in [2.24, 2.45) is 5.92 Å². The summed E-state index contributed by atoms with van der Waals surface area (Å²) in [4.78, 5) is 15.0. The Morgan fingerprint density at radius 2 is 1.58 bits per heavy atom. The highest BCUT2D eigenvalue weighted by Crippen LogP contribution is 2.38. The molecular formula is C25H33NO5. The Balaban J connectivity index is 1.55. The third kappa shape index (κ3) is 5.63. The van der Waals surface area contributed by atoms with E-state index < -0.39 is 0 Å². The smallest absolute Gasteiger partial charge is 0.254 e. The molecule has 1 saturated heterocycles. The first-order valence-electron chi connectivity index (χ1n) is 10.9. The van der Waals surface area contributed by atoms with Gasteiger partial charge < -0.3 is 23.8 Å². The first-order valence-corrected chi connectivity index (χ1v) is 10.9. The lowest BCUT2D eigenvalue weighted by molar-refractivity contribution is 0.0686. The quantitative estimate of drug-likeness (QED) is 0.586. The van der Waals surface area contributed by atoms with Crippen LogP contribution in [-0.2, 0) is 6.42 Å². The molecule has 0 atom stereocenters. The molecule has 6 heteroatoms. The van der Waals surface area contributed by atoms with Crippen LogP contribution in [-0.4, -0.2) is 51.8 Å². The number of aryl methyl sites for hydroxylation is 1. The Morgan fingerprint density at radius 1 is 0.968 bits per heavy atom. The van der Waals surface area contributed by atoms with Crippen LogP contribution in [0.2, 0.25) is 0 Å². The molecule has 1 aliphatic rings. The Hall–Kier alpha value is -2.89. The van der Waals surface area contributed by atoms with E-state index in [0.717, 1.165) is 44.5 Å².